The number of rotatable bonds is 3. The molecule has 18 heavy (non-hydrogen) atoms. The fraction of sp³-hybridized carbons (Fsp3) is 0.100. The van der Waals surface area contributed by atoms with Crippen LogP contribution in [0.4, 0.5) is 5.69 Å². The van der Waals surface area contributed by atoms with Gasteiger partial charge in [0.15, 0.2) is 0 Å². The number of nitrogen functional groups attached to an aromatic ring is 1. The Bertz CT molecular complexity index is 681. The van der Waals surface area contributed by atoms with Crippen LogP contribution in [0.3, 0.4) is 0 Å². The van der Waals surface area contributed by atoms with Crippen LogP contribution in [0.2, 0.25) is 5.02 Å². The van der Waals surface area contributed by atoms with E-state index < -0.39 is 10.0 Å². The average molecular weight is 287 g/mol. The van der Waals surface area contributed by atoms with Crippen LogP contribution in [-0.4, -0.2) is 25.2 Å². The van der Waals surface area contributed by atoms with Crippen molar-refractivity contribution in [3.8, 4) is 5.69 Å². The number of benzene rings is 1. The fourth-order valence-electron chi connectivity index (χ4n) is 1.48. The maximum absolute atomic E-state index is 11.6. The van der Waals surface area contributed by atoms with Crippen molar-refractivity contribution in [1.29, 1.82) is 0 Å². The molecule has 0 fully saturated rings. The van der Waals surface area contributed by atoms with Crippen LogP contribution in [0.25, 0.3) is 5.69 Å². The summed E-state index contributed by atoms with van der Waals surface area (Å²) in [6, 6.07) is 4.55. The lowest BCUT2D eigenvalue weighted by molar-refractivity contribution is 0.588. The van der Waals surface area contributed by atoms with Crippen molar-refractivity contribution in [3.63, 3.8) is 0 Å². The SMILES string of the molecule is CNS(=O)(=O)c1ccc(-n2cc(Cl)cn2)cc1N. The summed E-state index contributed by atoms with van der Waals surface area (Å²) in [6.07, 6.45) is 3.08. The molecule has 0 aliphatic carbocycles. The van der Waals surface area contributed by atoms with Crippen molar-refractivity contribution in [3.05, 3.63) is 35.6 Å². The zero-order chi connectivity index (χ0) is 13.3. The normalized spacial score (nSPS) is 11.7. The van der Waals surface area contributed by atoms with Crippen molar-refractivity contribution >= 4 is 27.3 Å². The molecule has 0 spiro atoms. The van der Waals surface area contributed by atoms with Crippen LogP contribution >= 0.6 is 11.6 Å². The maximum Gasteiger partial charge on any atom is 0.242 e. The van der Waals surface area contributed by atoms with Crippen LogP contribution in [0.15, 0.2) is 35.5 Å². The van der Waals surface area contributed by atoms with Crippen molar-refractivity contribution in [1.82, 2.24) is 14.5 Å². The number of nitrogens with zero attached hydrogens (tertiary/aromatic N) is 2. The van der Waals surface area contributed by atoms with E-state index in [4.69, 9.17) is 17.3 Å². The second-order valence-electron chi connectivity index (χ2n) is 3.53. The highest BCUT2D eigenvalue weighted by atomic mass is 35.5. The van der Waals surface area contributed by atoms with Gasteiger partial charge in [-0.2, -0.15) is 5.10 Å². The monoisotopic (exact) mass is 286 g/mol. The summed E-state index contributed by atoms with van der Waals surface area (Å²) in [5.41, 5.74) is 6.51. The molecule has 8 heteroatoms. The summed E-state index contributed by atoms with van der Waals surface area (Å²) < 4.78 is 27.0. The second kappa shape index (κ2) is 4.60. The van der Waals surface area contributed by atoms with E-state index in [1.807, 2.05) is 0 Å². The molecule has 0 amide bonds. The summed E-state index contributed by atoms with van der Waals surface area (Å²) in [7, 11) is -2.22. The minimum absolute atomic E-state index is 0.0343. The van der Waals surface area contributed by atoms with E-state index in [9.17, 15) is 8.42 Å². The third-order valence-corrected chi connectivity index (χ3v) is 4.05. The van der Waals surface area contributed by atoms with Gasteiger partial charge in [-0.3, -0.25) is 0 Å². The Kier molecular flexibility index (Phi) is 3.29. The van der Waals surface area contributed by atoms with Crippen molar-refractivity contribution in [2.75, 3.05) is 12.8 Å². The largest absolute Gasteiger partial charge is 0.398 e. The highest BCUT2D eigenvalue weighted by molar-refractivity contribution is 7.89. The average Bonchev–Trinajstić information content (AvgIpc) is 2.75. The molecule has 0 bridgehead atoms. The summed E-state index contributed by atoms with van der Waals surface area (Å²) in [5, 5.41) is 4.49. The first kappa shape index (κ1) is 12.9. The number of sulfonamides is 1. The molecule has 2 aromatic rings. The number of halogens is 1. The smallest absolute Gasteiger partial charge is 0.242 e. The highest BCUT2D eigenvalue weighted by Gasteiger charge is 2.15. The summed E-state index contributed by atoms with van der Waals surface area (Å²) in [5.74, 6) is 0. The zero-order valence-corrected chi connectivity index (χ0v) is 11.0. The number of hydrogen-bond acceptors (Lipinski definition) is 4. The predicted molar refractivity (Wildman–Crippen MR) is 69.2 cm³/mol. The number of hydrogen-bond donors (Lipinski definition) is 2. The minimum atomic E-state index is -3.55. The molecule has 3 N–H and O–H groups in total. The van der Waals surface area contributed by atoms with Gasteiger partial charge < -0.3 is 5.73 Å². The number of anilines is 1. The quantitative estimate of drug-likeness (QED) is 0.824. The van der Waals surface area contributed by atoms with Crippen molar-refractivity contribution < 1.29 is 8.42 Å². The van der Waals surface area contributed by atoms with Crippen LogP contribution < -0.4 is 10.5 Å². The lowest BCUT2D eigenvalue weighted by atomic mass is 10.3. The van der Waals surface area contributed by atoms with Gasteiger partial charge >= 0.3 is 0 Å². The standard InChI is InChI=1S/C10H11ClN4O2S/c1-13-18(16,17)10-3-2-8(4-9(10)12)15-6-7(11)5-14-15/h2-6,13H,12H2,1H3. The molecule has 0 saturated heterocycles. The first-order chi connectivity index (χ1) is 8.44. The van der Waals surface area contributed by atoms with Crippen LogP contribution in [0.1, 0.15) is 0 Å². The van der Waals surface area contributed by atoms with E-state index in [0.29, 0.717) is 10.7 Å². The summed E-state index contributed by atoms with van der Waals surface area (Å²) >= 11 is 5.76. The maximum atomic E-state index is 11.6. The molecular weight excluding hydrogens is 276 g/mol. The Balaban J connectivity index is 2.49. The molecular formula is C10H11ClN4O2S. The van der Waals surface area contributed by atoms with E-state index in [-0.39, 0.29) is 10.6 Å². The summed E-state index contributed by atoms with van der Waals surface area (Å²) in [6.45, 7) is 0. The van der Waals surface area contributed by atoms with E-state index in [0.717, 1.165) is 0 Å². The topological polar surface area (TPSA) is 90.0 Å². The predicted octanol–water partition coefficient (Wildman–Crippen LogP) is 1.02. The molecule has 2 rings (SSSR count). The first-order valence-electron chi connectivity index (χ1n) is 4.97. The lowest BCUT2D eigenvalue weighted by Crippen LogP contribution is -2.20. The second-order valence-corrected chi connectivity index (χ2v) is 5.82. The van der Waals surface area contributed by atoms with E-state index in [2.05, 4.69) is 9.82 Å². The Morgan fingerprint density at radius 1 is 1.44 bits per heavy atom. The molecule has 0 aliphatic heterocycles. The van der Waals surface area contributed by atoms with Gasteiger partial charge in [0.2, 0.25) is 10.0 Å². The lowest BCUT2D eigenvalue weighted by Gasteiger charge is -2.08. The van der Waals surface area contributed by atoms with Crippen molar-refractivity contribution in [2.24, 2.45) is 0 Å². The Morgan fingerprint density at radius 2 is 2.17 bits per heavy atom. The Hall–Kier alpha value is -1.57. The van der Waals surface area contributed by atoms with Gasteiger partial charge in [0, 0.05) is 6.20 Å². The summed E-state index contributed by atoms with van der Waals surface area (Å²) in [4.78, 5) is 0.0343. The minimum Gasteiger partial charge on any atom is -0.398 e. The molecule has 1 aromatic carbocycles. The number of nitrogens with two attached hydrogens (primary N) is 1. The molecule has 0 atom stereocenters. The highest BCUT2D eigenvalue weighted by Crippen LogP contribution is 2.22. The fourth-order valence-corrected chi connectivity index (χ4v) is 2.45. The van der Waals surface area contributed by atoms with Crippen molar-refractivity contribution in [2.45, 2.75) is 4.90 Å². The van der Waals surface area contributed by atoms with Gasteiger partial charge in [0.25, 0.3) is 0 Å². The van der Waals surface area contributed by atoms with E-state index in [1.165, 1.54) is 30.1 Å². The number of nitrogens with one attached hydrogen (secondary N) is 1. The number of aromatic nitrogens is 2. The molecule has 0 saturated carbocycles. The van der Waals surface area contributed by atoms with Gasteiger partial charge in [-0.15, -0.1) is 0 Å². The van der Waals surface area contributed by atoms with Crippen LogP contribution in [-0.2, 0) is 10.0 Å². The molecule has 1 aromatic heterocycles. The van der Waals surface area contributed by atoms with Gasteiger partial charge in [-0.25, -0.2) is 17.8 Å². The third-order valence-electron chi connectivity index (χ3n) is 2.37. The molecule has 6 nitrogen and oxygen atoms in total. The molecule has 1 heterocycles. The van der Waals surface area contributed by atoms with Gasteiger partial charge in [0.05, 0.1) is 22.6 Å². The molecule has 0 aliphatic rings. The first-order valence-corrected chi connectivity index (χ1v) is 6.84. The Morgan fingerprint density at radius 3 is 2.67 bits per heavy atom. The molecule has 96 valence electrons. The molecule has 0 radical (unpaired) electrons. The van der Waals surface area contributed by atoms with E-state index in [1.54, 1.807) is 12.3 Å². The third kappa shape index (κ3) is 2.33. The Labute approximate surface area is 109 Å². The zero-order valence-electron chi connectivity index (χ0n) is 9.46. The van der Waals surface area contributed by atoms with E-state index >= 15 is 0 Å². The molecule has 0 unspecified atom stereocenters. The van der Waals surface area contributed by atoms with Crippen LogP contribution in [0, 0.1) is 0 Å². The van der Waals surface area contributed by atoms with Gasteiger partial charge in [-0.1, -0.05) is 11.6 Å². The van der Waals surface area contributed by atoms with Gasteiger partial charge in [-0.05, 0) is 25.2 Å². The van der Waals surface area contributed by atoms with Crippen LogP contribution in [0.5, 0.6) is 0 Å². The van der Waals surface area contributed by atoms with Gasteiger partial charge in [0.1, 0.15) is 4.90 Å².